The second-order valence-electron chi connectivity index (χ2n) is 7.88. The number of hydrogen-bond acceptors (Lipinski definition) is 2. The molecule has 27 heavy (non-hydrogen) atoms. The number of para-hydroxylation sites is 1. The van der Waals surface area contributed by atoms with E-state index in [0.29, 0.717) is 5.56 Å². The average Bonchev–Trinajstić information content (AvgIpc) is 2.62. The Morgan fingerprint density at radius 3 is 2.04 bits per heavy atom. The van der Waals surface area contributed by atoms with Gasteiger partial charge in [0.25, 0.3) is 0 Å². The fourth-order valence-corrected chi connectivity index (χ4v) is 2.92. The van der Waals surface area contributed by atoms with Crippen molar-refractivity contribution in [1.29, 1.82) is 0 Å². The number of aromatic carboxylic acids is 1. The molecule has 144 valence electrons. The van der Waals surface area contributed by atoms with Crippen molar-refractivity contribution >= 4 is 17.6 Å². The standard InChI is InChI=1S/C23H29NO3/c1-23(2,3)22(27)24-20-16-10-8-14-18(20)13-6-4-5-11-17-12-7-9-15-19(17)21(25)26/h7-10,12,14-16H,4-6,11,13H2,1-3H3,(H,24,27)(H,25,26). The number of carboxylic acid groups (broad SMARTS) is 1. The predicted octanol–water partition coefficient (Wildman–Crippen LogP) is 5.32. The number of unbranched alkanes of at least 4 members (excludes halogenated alkanes) is 2. The first kappa shape index (κ1) is 20.7. The molecule has 0 bridgehead atoms. The number of benzene rings is 2. The molecule has 2 N–H and O–H groups in total. The van der Waals surface area contributed by atoms with Crippen LogP contribution in [0.2, 0.25) is 0 Å². The minimum absolute atomic E-state index is 0.0141. The van der Waals surface area contributed by atoms with E-state index in [1.165, 1.54) is 0 Å². The van der Waals surface area contributed by atoms with Gasteiger partial charge in [-0.15, -0.1) is 0 Å². The molecule has 1 amide bonds. The number of amides is 1. The number of anilines is 1. The van der Waals surface area contributed by atoms with Crippen LogP contribution in [0.15, 0.2) is 48.5 Å². The first-order valence-electron chi connectivity index (χ1n) is 9.49. The lowest BCUT2D eigenvalue weighted by atomic mass is 9.95. The second kappa shape index (κ2) is 9.36. The Bertz CT molecular complexity index is 790. The molecule has 2 aromatic rings. The average molecular weight is 367 g/mol. The van der Waals surface area contributed by atoms with Gasteiger partial charge in [-0.1, -0.05) is 63.6 Å². The fraction of sp³-hybridized carbons (Fsp3) is 0.391. The highest BCUT2D eigenvalue weighted by Gasteiger charge is 2.21. The summed E-state index contributed by atoms with van der Waals surface area (Å²) < 4.78 is 0. The summed E-state index contributed by atoms with van der Waals surface area (Å²) in [5.41, 5.74) is 2.88. The van der Waals surface area contributed by atoms with Crippen molar-refractivity contribution in [3.05, 3.63) is 65.2 Å². The summed E-state index contributed by atoms with van der Waals surface area (Å²) in [7, 11) is 0. The Kier molecular flexibility index (Phi) is 7.17. The van der Waals surface area contributed by atoms with Crippen molar-refractivity contribution < 1.29 is 14.7 Å². The monoisotopic (exact) mass is 367 g/mol. The zero-order valence-corrected chi connectivity index (χ0v) is 16.4. The van der Waals surface area contributed by atoms with Crippen LogP contribution in [-0.2, 0) is 17.6 Å². The Hall–Kier alpha value is -2.62. The molecule has 0 aliphatic rings. The van der Waals surface area contributed by atoms with Crippen LogP contribution in [0.25, 0.3) is 0 Å². The molecule has 0 heterocycles. The molecule has 2 rings (SSSR count). The Balaban J connectivity index is 1.86. The van der Waals surface area contributed by atoms with E-state index in [1.54, 1.807) is 12.1 Å². The van der Waals surface area contributed by atoms with Crippen molar-refractivity contribution in [2.45, 2.75) is 52.9 Å². The molecule has 0 atom stereocenters. The number of nitrogens with one attached hydrogen (secondary N) is 1. The Morgan fingerprint density at radius 1 is 0.852 bits per heavy atom. The first-order valence-corrected chi connectivity index (χ1v) is 9.49. The zero-order valence-electron chi connectivity index (χ0n) is 16.4. The fourth-order valence-electron chi connectivity index (χ4n) is 2.92. The molecule has 4 heteroatoms. The second-order valence-corrected chi connectivity index (χ2v) is 7.88. The molecule has 0 saturated carbocycles. The van der Waals surface area contributed by atoms with Gasteiger partial charge in [0.05, 0.1) is 5.56 Å². The molecule has 0 spiro atoms. The van der Waals surface area contributed by atoms with Gasteiger partial charge in [-0.25, -0.2) is 4.79 Å². The lowest BCUT2D eigenvalue weighted by molar-refractivity contribution is -0.123. The maximum Gasteiger partial charge on any atom is 0.335 e. The quantitative estimate of drug-likeness (QED) is 0.620. The SMILES string of the molecule is CC(C)(C)C(=O)Nc1ccccc1CCCCCc1ccccc1C(=O)O. The maximum absolute atomic E-state index is 12.2. The Labute approximate surface area is 161 Å². The maximum atomic E-state index is 12.2. The van der Waals surface area contributed by atoms with Gasteiger partial charge < -0.3 is 10.4 Å². The predicted molar refractivity (Wildman–Crippen MR) is 109 cm³/mol. The third-order valence-electron chi connectivity index (χ3n) is 4.59. The van der Waals surface area contributed by atoms with E-state index in [2.05, 4.69) is 11.4 Å². The molecule has 0 aromatic heterocycles. The van der Waals surface area contributed by atoms with Gasteiger partial charge in [0.1, 0.15) is 0 Å². The smallest absolute Gasteiger partial charge is 0.335 e. The van der Waals surface area contributed by atoms with E-state index < -0.39 is 11.4 Å². The first-order chi connectivity index (χ1) is 12.8. The third-order valence-corrected chi connectivity index (χ3v) is 4.59. The van der Waals surface area contributed by atoms with Crippen LogP contribution in [0.1, 0.15) is 61.5 Å². The van der Waals surface area contributed by atoms with E-state index in [4.69, 9.17) is 0 Å². The van der Waals surface area contributed by atoms with Crippen LogP contribution >= 0.6 is 0 Å². The summed E-state index contributed by atoms with van der Waals surface area (Å²) in [6.07, 6.45) is 4.61. The van der Waals surface area contributed by atoms with Crippen molar-refractivity contribution in [1.82, 2.24) is 0 Å². The number of carboxylic acids is 1. The topological polar surface area (TPSA) is 66.4 Å². The normalized spacial score (nSPS) is 11.2. The molecule has 0 unspecified atom stereocenters. The molecule has 0 aliphatic carbocycles. The van der Waals surface area contributed by atoms with E-state index >= 15 is 0 Å². The van der Waals surface area contributed by atoms with E-state index in [9.17, 15) is 14.7 Å². The molecule has 0 radical (unpaired) electrons. The third kappa shape index (κ3) is 6.24. The summed E-state index contributed by atoms with van der Waals surface area (Å²) in [4.78, 5) is 23.5. The Morgan fingerprint density at radius 2 is 1.41 bits per heavy atom. The molecule has 2 aromatic carbocycles. The van der Waals surface area contributed by atoms with Crippen molar-refractivity contribution in [3.8, 4) is 0 Å². The largest absolute Gasteiger partial charge is 0.478 e. The van der Waals surface area contributed by atoms with Crippen LogP contribution in [-0.4, -0.2) is 17.0 Å². The minimum Gasteiger partial charge on any atom is -0.478 e. The number of hydrogen-bond donors (Lipinski definition) is 2. The van der Waals surface area contributed by atoms with Gasteiger partial charge in [0.15, 0.2) is 0 Å². The molecular weight excluding hydrogens is 338 g/mol. The number of carbonyl (C=O) groups is 2. The van der Waals surface area contributed by atoms with Crippen LogP contribution in [0.3, 0.4) is 0 Å². The summed E-state index contributed by atoms with van der Waals surface area (Å²) in [6.45, 7) is 5.71. The van der Waals surface area contributed by atoms with Gasteiger partial charge in [0, 0.05) is 11.1 Å². The highest BCUT2D eigenvalue weighted by atomic mass is 16.4. The van der Waals surface area contributed by atoms with Crippen LogP contribution < -0.4 is 5.32 Å². The molecule has 4 nitrogen and oxygen atoms in total. The lowest BCUT2D eigenvalue weighted by Crippen LogP contribution is -2.28. The van der Waals surface area contributed by atoms with Gasteiger partial charge in [0.2, 0.25) is 5.91 Å². The molecule has 0 saturated heterocycles. The zero-order chi connectivity index (χ0) is 19.9. The van der Waals surface area contributed by atoms with Gasteiger partial charge in [-0.3, -0.25) is 4.79 Å². The van der Waals surface area contributed by atoms with Gasteiger partial charge >= 0.3 is 5.97 Å². The lowest BCUT2D eigenvalue weighted by Gasteiger charge is -2.19. The number of carbonyl (C=O) groups excluding carboxylic acids is 1. The number of rotatable bonds is 8. The highest BCUT2D eigenvalue weighted by Crippen LogP contribution is 2.22. The summed E-state index contributed by atoms with van der Waals surface area (Å²) in [5.74, 6) is -0.852. The summed E-state index contributed by atoms with van der Waals surface area (Å²) in [5, 5.41) is 12.3. The van der Waals surface area contributed by atoms with E-state index in [-0.39, 0.29) is 5.91 Å². The van der Waals surface area contributed by atoms with Crippen LogP contribution in [0, 0.1) is 5.41 Å². The molecule has 0 fully saturated rings. The van der Waals surface area contributed by atoms with Crippen molar-refractivity contribution in [3.63, 3.8) is 0 Å². The van der Waals surface area contributed by atoms with Gasteiger partial charge in [-0.2, -0.15) is 0 Å². The van der Waals surface area contributed by atoms with E-state index in [0.717, 1.165) is 48.9 Å². The molecule has 0 aliphatic heterocycles. The van der Waals surface area contributed by atoms with Crippen LogP contribution in [0.5, 0.6) is 0 Å². The van der Waals surface area contributed by atoms with Crippen molar-refractivity contribution in [2.24, 2.45) is 5.41 Å². The van der Waals surface area contributed by atoms with Crippen LogP contribution in [0.4, 0.5) is 5.69 Å². The summed E-state index contributed by atoms with van der Waals surface area (Å²) >= 11 is 0. The van der Waals surface area contributed by atoms with Crippen molar-refractivity contribution in [2.75, 3.05) is 5.32 Å². The minimum atomic E-state index is -0.867. The van der Waals surface area contributed by atoms with E-state index in [1.807, 2.05) is 51.1 Å². The summed E-state index contributed by atoms with van der Waals surface area (Å²) in [6, 6.07) is 15.1. The number of aryl methyl sites for hydroxylation is 2. The highest BCUT2D eigenvalue weighted by molar-refractivity contribution is 5.95. The van der Waals surface area contributed by atoms with Gasteiger partial charge in [-0.05, 0) is 48.9 Å². The molecular formula is C23H29NO3.